The van der Waals surface area contributed by atoms with Gasteiger partial charge in [-0.25, -0.2) is 0 Å². The Balaban J connectivity index is 1.53. The summed E-state index contributed by atoms with van der Waals surface area (Å²) in [4.78, 5) is 0. The Kier molecular flexibility index (Phi) is 6.65. The molecule has 2 heterocycles. The van der Waals surface area contributed by atoms with E-state index in [0.717, 1.165) is 34.6 Å². The van der Waals surface area contributed by atoms with Gasteiger partial charge in [0.25, 0.3) is 0 Å². The first kappa shape index (κ1) is 22.9. The Morgan fingerprint density at radius 1 is 1.00 bits per heavy atom. The molecule has 32 heavy (non-hydrogen) atoms. The van der Waals surface area contributed by atoms with E-state index in [1.807, 2.05) is 30.5 Å². The van der Waals surface area contributed by atoms with Crippen LogP contribution in [0.4, 0.5) is 0 Å². The van der Waals surface area contributed by atoms with Crippen LogP contribution in [-0.4, -0.2) is 28.0 Å². The molecule has 0 saturated carbocycles. The summed E-state index contributed by atoms with van der Waals surface area (Å²) in [6.45, 7) is 12.6. The second-order valence-electron chi connectivity index (χ2n) is 10.0. The van der Waals surface area contributed by atoms with Crippen LogP contribution >= 0.6 is 0 Å². The fourth-order valence-corrected chi connectivity index (χ4v) is 4.36. The van der Waals surface area contributed by atoms with E-state index in [2.05, 4.69) is 58.1 Å². The van der Waals surface area contributed by atoms with Gasteiger partial charge in [0.15, 0.2) is 17.8 Å². The summed E-state index contributed by atoms with van der Waals surface area (Å²) < 4.78 is 29.8. The Bertz CT molecular complexity index is 948. The molecule has 172 valence electrons. The molecule has 1 saturated heterocycles. The number of benzene rings is 2. The minimum absolute atomic E-state index is 0.0730. The zero-order valence-electron chi connectivity index (χ0n) is 19.7. The van der Waals surface area contributed by atoms with Gasteiger partial charge in [-0.05, 0) is 53.4 Å². The first-order valence-corrected chi connectivity index (χ1v) is 14.2. The molecular formula is C26H34O5Si. The first-order chi connectivity index (χ1) is 15.2. The molecular weight excluding hydrogens is 420 g/mol. The third-order valence-electron chi connectivity index (χ3n) is 6.68. The Morgan fingerprint density at radius 3 is 2.50 bits per heavy atom. The van der Waals surface area contributed by atoms with Gasteiger partial charge < -0.3 is 23.4 Å². The molecule has 2 aromatic rings. The maximum absolute atomic E-state index is 6.43. The first-order valence-electron chi connectivity index (χ1n) is 11.3. The highest BCUT2D eigenvalue weighted by atomic mass is 28.4. The Morgan fingerprint density at radius 2 is 1.75 bits per heavy atom. The molecule has 6 heteroatoms. The van der Waals surface area contributed by atoms with E-state index < -0.39 is 8.32 Å². The van der Waals surface area contributed by atoms with Gasteiger partial charge in [0.1, 0.15) is 0 Å². The summed E-state index contributed by atoms with van der Waals surface area (Å²) in [5, 5.41) is 0.138. The quantitative estimate of drug-likeness (QED) is 0.376. The number of rotatable bonds is 7. The molecule has 0 N–H and O–H groups in total. The highest BCUT2D eigenvalue weighted by Gasteiger charge is 2.40. The molecule has 0 radical (unpaired) electrons. The number of hydrogen-bond acceptors (Lipinski definition) is 5. The van der Waals surface area contributed by atoms with Crippen molar-refractivity contribution >= 4 is 8.32 Å². The number of ether oxygens (including phenoxy) is 4. The molecule has 0 spiro atoms. The van der Waals surface area contributed by atoms with E-state index in [1.165, 1.54) is 0 Å². The van der Waals surface area contributed by atoms with Crippen molar-refractivity contribution in [3.63, 3.8) is 0 Å². The van der Waals surface area contributed by atoms with Crippen LogP contribution in [0.3, 0.4) is 0 Å². The van der Waals surface area contributed by atoms with Crippen LogP contribution in [0.25, 0.3) is 0 Å². The SMILES string of the molecule is CC(C)(C)[Si](C)(C)OC=C1COC(OCc2ccccc2)C1Cc1ccc2c(c1)OCO2. The third kappa shape index (κ3) is 5.19. The van der Waals surface area contributed by atoms with Gasteiger partial charge in [-0.15, -0.1) is 0 Å². The monoisotopic (exact) mass is 454 g/mol. The fourth-order valence-electron chi connectivity index (χ4n) is 3.56. The van der Waals surface area contributed by atoms with E-state index >= 15 is 0 Å². The lowest BCUT2D eigenvalue weighted by molar-refractivity contribution is -0.138. The summed E-state index contributed by atoms with van der Waals surface area (Å²) in [6, 6.07) is 16.3. The van der Waals surface area contributed by atoms with Crippen molar-refractivity contribution in [2.45, 2.75) is 58.2 Å². The number of fused-ring (bicyclic) bond motifs is 1. The van der Waals surface area contributed by atoms with E-state index in [1.54, 1.807) is 0 Å². The molecule has 2 atom stereocenters. The van der Waals surface area contributed by atoms with Crippen molar-refractivity contribution in [1.82, 2.24) is 0 Å². The lowest BCUT2D eigenvalue weighted by atomic mass is 9.93. The predicted octanol–water partition coefficient (Wildman–Crippen LogP) is 6.05. The zero-order valence-corrected chi connectivity index (χ0v) is 20.7. The standard InChI is InChI=1S/C26H34O5Si/c1-26(2,3)32(4,5)31-17-21-16-28-25(27-15-19-9-7-6-8-10-19)22(21)13-20-11-12-23-24(14-20)30-18-29-23/h6-12,14,17,22,25H,13,15-16,18H2,1-5H3. The fraction of sp³-hybridized carbons (Fsp3) is 0.462. The van der Waals surface area contributed by atoms with Crippen molar-refractivity contribution in [3.05, 3.63) is 71.5 Å². The van der Waals surface area contributed by atoms with Crippen LogP contribution < -0.4 is 9.47 Å². The zero-order chi connectivity index (χ0) is 22.8. The molecule has 1 fully saturated rings. The maximum atomic E-state index is 6.43. The summed E-state index contributed by atoms with van der Waals surface area (Å²) in [6.07, 6.45) is 2.42. The van der Waals surface area contributed by atoms with Gasteiger partial charge in [0, 0.05) is 5.92 Å². The highest BCUT2D eigenvalue weighted by molar-refractivity contribution is 6.74. The summed E-state index contributed by atoms with van der Waals surface area (Å²) in [5.74, 6) is 1.67. The molecule has 2 aromatic carbocycles. The lowest BCUT2D eigenvalue weighted by Gasteiger charge is -2.35. The lowest BCUT2D eigenvalue weighted by Crippen LogP contribution is -2.39. The van der Waals surface area contributed by atoms with E-state index in [-0.39, 0.29) is 24.0 Å². The predicted molar refractivity (Wildman–Crippen MR) is 127 cm³/mol. The van der Waals surface area contributed by atoms with Crippen molar-refractivity contribution < 1.29 is 23.4 Å². The van der Waals surface area contributed by atoms with Crippen LogP contribution in [0.5, 0.6) is 11.5 Å². The van der Waals surface area contributed by atoms with Crippen LogP contribution in [0.1, 0.15) is 31.9 Å². The van der Waals surface area contributed by atoms with Crippen LogP contribution in [0.2, 0.25) is 18.1 Å². The van der Waals surface area contributed by atoms with Gasteiger partial charge in [-0.2, -0.15) is 0 Å². The van der Waals surface area contributed by atoms with Gasteiger partial charge in [-0.1, -0.05) is 57.2 Å². The van der Waals surface area contributed by atoms with E-state index in [0.29, 0.717) is 13.2 Å². The molecule has 2 aliphatic rings. The normalized spacial score (nSPS) is 21.8. The summed E-state index contributed by atoms with van der Waals surface area (Å²) in [7, 11) is -1.91. The average molecular weight is 455 g/mol. The molecule has 2 unspecified atom stereocenters. The van der Waals surface area contributed by atoms with Crippen molar-refractivity contribution in [1.29, 1.82) is 0 Å². The summed E-state index contributed by atoms with van der Waals surface area (Å²) in [5.41, 5.74) is 3.44. The third-order valence-corrected chi connectivity index (χ3v) is 11.0. The number of hydrogen-bond donors (Lipinski definition) is 0. The van der Waals surface area contributed by atoms with E-state index in [4.69, 9.17) is 23.4 Å². The second kappa shape index (κ2) is 9.30. The molecule has 0 aromatic heterocycles. The largest absolute Gasteiger partial charge is 0.549 e. The molecule has 0 aliphatic carbocycles. The van der Waals surface area contributed by atoms with Crippen molar-refractivity contribution in [2.24, 2.45) is 5.92 Å². The van der Waals surface area contributed by atoms with E-state index in [9.17, 15) is 0 Å². The molecule has 5 nitrogen and oxygen atoms in total. The van der Waals surface area contributed by atoms with Gasteiger partial charge >= 0.3 is 0 Å². The topological polar surface area (TPSA) is 46.2 Å². The minimum atomic E-state index is -1.91. The Hall–Kier alpha value is -2.28. The molecule has 0 bridgehead atoms. The smallest absolute Gasteiger partial charge is 0.249 e. The minimum Gasteiger partial charge on any atom is -0.549 e. The maximum Gasteiger partial charge on any atom is 0.249 e. The van der Waals surface area contributed by atoms with Crippen molar-refractivity contribution in [3.8, 4) is 11.5 Å². The van der Waals surface area contributed by atoms with Crippen LogP contribution in [0, 0.1) is 5.92 Å². The second-order valence-corrected chi connectivity index (χ2v) is 14.8. The van der Waals surface area contributed by atoms with Gasteiger partial charge in [-0.3, -0.25) is 0 Å². The van der Waals surface area contributed by atoms with Crippen molar-refractivity contribution in [2.75, 3.05) is 13.4 Å². The molecule has 4 rings (SSSR count). The van der Waals surface area contributed by atoms with Gasteiger partial charge in [0.05, 0.1) is 19.5 Å². The summed E-state index contributed by atoms with van der Waals surface area (Å²) >= 11 is 0. The van der Waals surface area contributed by atoms with Crippen LogP contribution in [0.15, 0.2) is 60.4 Å². The average Bonchev–Trinajstić information content (AvgIpc) is 3.37. The van der Waals surface area contributed by atoms with Gasteiger partial charge in [0.2, 0.25) is 15.1 Å². The molecule has 2 aliphatic heterocycles. The Labute approximate surface area is 192 Å². The molecule has 0 amide bonds. The highest BCUT2D eigenvalue weighted by Crippen LogP contribution is 2.39. The van der Waals surface area contributed by atoms with Crippen LogP contribution in [-0.2, 0) is 26.9 Å².